The lowest BCUT2D eigenvalue weighted by Gasteiger charge is -2.10. The number of aldehydes is 1. The maximum atomic E-state index is 10.2. The van der Waals surface area contributed by atoms with Crippen molar-refractivity contribution in [1.82, 2.24) is 19.9 Å². The monoisotopic (exact) mass is 396 g/mol. The lowest BCUT2D eigenvalue weighted by atomic mass is 10.3. The highest BCUT2D eigenvalue weighted by Crippen LogP contribution is 2.32. The predicted octanol–water partition coefficient (Wildman–Crippen LogP) is 3.42. The van der Waals surface area contributed by atoms with Crippen LogP contribution in [-0.4, -0.2) is 39.4 Å². The third-order valence-corrected chi connectivity index (χ3v) is 3.75. The average molecular weight is 398 g/mol. The van der Waals surface area contributed by atoms with Crippen LogP contribution in [0.5, 0.6) is 0 Å². The number of carbonyl (C=O) groups is 1. The first kappa shape index (κ1) is 18.3. The van der Waals surface area contributed by atoms with E-state index in [1.807, 2.05) is 0 Å². The van der Waals surface area contributed by atoms with E-state index in [-0.39, 0.29) is 26.2 Å². The fraction of sp³-hybridized carbons (Fsp3) is 0.250. The van der Waals surface area contributed by atoms with Gasteiger partial charge in [0.2, 0.25) is 0 Å². The smallest absolute Gasteiger partial charge is 0.189 e. The predicted molar refractivity (Wildman–Crippen MR) is 84.1 cm³/mol. The van der Waals surface area contributed by atoms with Gasteiger partial charge in [0.1, 0.15) is 33.3 Å². The standard InChI is InChI=1S/C7H6Cl2N2O2.C5H2Cl2N2O/c8-5-4(6(9)11-3-10-5)7-12-1-2-13-7;6-4-3(1-10)5(7)9-2-8-4/h3,7H,1-2H2;1-2H. The minimum absolute atomic E-state index is 0.0787. The maximum absolute atomic E-state index is 10.2. The first-order valence-corrected chi connectivity index (χ1v) is 7.56. The zero-order chi connectivity index (χ0) is 16.8. The molecule has 1 fully saturated rings. The first-order chi connectivity index (χ1) is 11.0. The van der Waals surface area contributed by atoms with Gasteiger partial charge in [-0.15, -0.1) is 0 Å². The van der Waals surface area contributed by atoms with Gasteiger partial charge in [-0.2, -0.15) is 0 Å². The summed E-state index contributed by atoms with van der Waals surface area (Å²) in [5.41, 5.74) is 0.633. The highest BCUT2D eigenvalue weighted by molar-refractivity contribution is 6.37. The van der Waals surface area contributed by atoms with Crippen LogP contribution in [0, 0.1) is 0 Å². The Morgan fingerprint density at radius 3 is 1.70 bits per heavy atom. The lowest BCUT2D eigenvalue weighted by molar-refractivity contribution is -0.0444. The summed E-state index contributed by atoms with van der Waals surface area (Å²) in [5, 5.41) is 0.698. The molecule has 0 aliphatic carbocycles. The normalized spacial score (nSPS) is 14.3. The van der Waals surface area contributed by atoms with E-state index in [2.05, 4.69) is 19.9 Å². The van der Waals surface area contributed by atoms with Gasteiger partial charge in [-0.1, -0.05) is 46.4 Å². The van der Waals surface area contributed by atoms with Gasteiger partial charge < -0.3 is 9.47 Å². The molecule has 2 aromatic heterocycles. The molecule has 0 N–H and O–H groups in total. The van der Waals surface area contributed by atoms with Crippen molar-refractivity contribution >= 4 is 52.7 Å². The molecule has 11 heteroatoms. The topological polar surface area (TPSA) is 87.1 Å². The summed E-state index contributed by atoms with van der Waals surface area (Å²) in [4.78, 5) is 24.9. The van der Waals surface area contributed by atoms with Gasteiger partial charge in [0.05, 0.1) is 24.3 Å². The van der Waals surface area contributed by atoms with Gasteiger partial charge in [-0.25, -0.2) is 19.9 Å². The SMILES string of the molecule is Clc1ncnc(Cl)c1C1OCCO1.O=Cc1c(Cl)ncnc1Cl. The molecule has 2 aromatic rings. The van der Waals surface area contributed by atoms with Crippen molar-refractivity contribution in [2.45, 2.75) is 6.29 Å². The van der Waals surface area contributed by atoms with Crippen molar-refractivity contribution in [3.63, 3.8) is 0 Å². The Morgan fingerprint density at radius 2 is 1.30 bits per heavy atom. The van der Waals surface area contributed by atoms with Gasteiger partial charge in [-0.3, -0.25) is 4.79 Å². The fourth-order valence-electron chi connectivity index (χ4n) is 1.53. The van der Waals surface area contributed by atoms with Crippen LogP contribution in [0.1, 0.15) is 22.2 Å². The van der Waals surface area contributed by atoms with Crippen LogP contribution in [0.4, 0.5) is 0 Å². The molecule has 0 spiro atoms. The molecular formula is C12H8Cl4N4O3. The largest absolute Gasteiger partial charge is 0.346 e. The Kier molecular flexibility index (Phi) is 6.88. The summed E-state index contributed by atoms with van der Waals surface area (Å²) in [7, 11) is 0. The van der Waals surface area contributed by atoms with Crippen LogP contribution < -0.4 is 0 Å². The minimum Gasteiger partial charge on any atom is -0.346 e. The van der Waals surface area contributed by atoms with Crippen LogP contribution in [0.25, 0.3) is 0 Å². The molecule has 0 unspecified atom stereocenters. The molecule has 1 saturated heterocycles. The van der Waals surface area contributed by atoms with E-state index in [0.29, 0.717) is 25.1 Å². The third kappa shape index (κ3) is 4.69. The molecule has 23 heavy (non-hydrogen) atoms. The Bertz CT molecular complexity index is 658. The van der Waals surface area contributed by atoms with Crippen LogP contribution in [-0.2, 0) is 9.47 Å². The summed E-state index contributed by atoms with van der Waals surface area (Å²) >= 11 is 22.6. The second-order valence-electron chi connectivity index (χ2n) is 3.93. The Balaban J connectivity index is 0.000000174. The van der Waals surface area contributed by atoms with Gasteiger partial charge in [0.15, 0.2) is 12.6 Å². The van der Waals surface area contributed by atoms with Crippen molar-refractivity contribution in [3.8, 4) is 0 Å². The molecule has 0 saturated carbocycles. The van der Waals surface area contributed by atoms with E-state index in [9.17, 15) is 4.79 Å². The van der Waals surface area contributed by atoms with E-state index in [1.54, 1.807) is 0 Å². The van der Waals surface area contributed by atoms with Gasteiger partial charge in [0, 0.05) is 0 Å². The van der Waals surface area contributed by atoms with E-state index in [4.69, 9.17) is 55.9 Å². The van der Waals surface area contributed by atoms with Gasteiger partial charge in [0.25, 0.3) is 0 Å². The number of aromatic nitrogens is 4. The van der Waals surface area contributed by atoms with Crippen molar-refractivity contribution < 1.29 is 14.3 Å². The van der Waals surface area contributed by atoms with Crippen LogP contribution >= 0.6 is 46.4 Å². The van der Waals surface area contributed by atoms with E-state index in [0.717, 1.165) is 0 Å². The molecule has 0 atom stereocenters. The summed E-state index contributed by atoms with van der Waals surface area (Å²) in [5.74, 6) is 0. The molecule has 1 aliphatic rings. The highest BCUT2D eigenvalue weighted by Gasteiger charge is 2.24. The van der Waals surface area contributed by atoms with Crippen molar-refractivity contribution in [2.24, 2.45) is 0 Å². The molecule has 122 valence electrons. The quantitative estimate of drug-likeness (QED) is 0.566. The van der Waals surface area contributed by atoms with Crippen LogP contribution in [0.15, 0.2) is 12.7 Å². The van der Waals surface area contributed by atoms with E-state index < -0.39 is 6.29 Å². The fourth-order valence-corrected chi connectivity index (χ4v) is 2.42. The molecule has 0 amide bonds. The molecule has 7 nitrogen and oxygen atoms in total. The second kappa shape index (κ2) is 8.68. The number of nitrogens with zero attached hydrogens (tertiary/aromatic N) is 4. The summed E-state index contributed by atoms with van der Waals surface area (Å²) in [6.45, 7) is 1.07. The zero-order valence-corrected chi connectivity index (χ0v) is 14.3. The van der Waals surface area contributed by atoms with Gasteiger partial charge in [-0.05, 0) is 0 Å². The number of ether oxygens (including phenoxy) is 2. The molecule has 0 radical (unpaired) electrons. The highest BCUT2D eigenvalue weighted by atomic mass is 35.5. The summed E-state index contributed by atoms with van der Waals surface area (Å²) in [6.07, 6.45) is 2.48. The third-order valence-electron chi connectivity index (χ3n) is 2.55. The number of hydrogen-bond donors (Lipinski definition) is 0. The van der Waals surface area contributed by atoms with Gasteiger partial charge >= 0.3 is 0 Å². The Labute approximate surface area is 150 Å². The van der Waals surface area contributed by atoms with Crippen molar-refractivity contribution in [1.29, 1.82) is 0 Å². The molecule has 3 heterocycles. The first-order valence-electron chi connectivity index (χ1n) is 6.04. The molecular weight excluding hydrogens is 390 g/mol. The van der Waals surface area contributed by atoms with E-state index in [1.165, 1.54) is 12.7 Å². The maximum Gasteiger partial charge on any atom is 0.189 e. The second-order valence-corrected chi connectivity index (χ2v) is 5.36. The number of carbonyl (C=O) groups excluding carboxylic acids is 1. The summed E-state index contributed by atoms with van der Waals surface area (Å²) in [6, 6.07) is 0. The summed E-state index contributed by atoms with van der Waals surface area (Å²) < 4.78 is 10.5. The van der Waals surface area contributed by atoms with Crippen LogP contribution in [0.3, 0.4) is 0 Å². The molecule has 0 bridgehead atoms. The molecule has 1 aliphatic heterocycles. The number of halogens is 4. The van der Waals surface area contributed by atoms with Crippen molar-refractivity contribution in [2.75, 3.05) is 13.2 Å². The lowest BCUT2D eigenvalue weighted by Crippen LogP contribution is -2.02. The Hall–Kier alpha value is -1.09. The van der Waals surface area contributed by atoms with E-state index >= 15 is 0 Å². The zero-order valence-electron chi connectivity index (χ0n) is 11.2. The Morgan fingerprint density at radius 1 is 0.870 bits per heavy atom. The number of hydrogen-bond acceptors (Lipinski definition) is 7. The van der Waals surface area contributed by atoms with Crippen molar-refractivity contribution in [3.05, 3.63) is 44.4 Å². The molecule has 3 rings (SSSR count). The van der Waals surface area contributed by atoms with Crippen LogP contribution in [0.2, 0.25) is 20.6 Å². The molecule has 0 aromatic carbocycles. The minimum atomic E-state index is -0.527. The average Bonchev–Trinajstić information content (AvgIpc) is 3.02. The number of rotatable bonds is 2.